The molecule has 2 aromatic heterocycles. The number of ether oxygens (including phenoxy) is 2. The summed E-state index contributed by atoms with van der Waals surface area (Å²) < 4.78 is 16.9. The second-order valence-electron chi connectivity index (χ2n) is 5.44. The van der Waals surface area contributed by atoms with E-state index in [1.807, 2.05) is 20.0 Å². The molecule has 1 aliphatic heterocycles. The van der Waals surface area contributed by atoms with Crippen LogP contribution in [0.15, 0.2) is 35.0 Å². The fraction of sp³-hybridized carbons (Fsp3) is 0.235. The second kappa shape index (κ2) is 7.08. The van der Waals surface area contributed by atoms with Crippen molar-refractivity contribution in [1.29, 1.82) is 0 Å². The lowest BCUT2D eigenvalue weighted by molar-refractivity contribution is 0.111. The Morgan fingerprint density at radius 1 is 1.28 bits per heavy atom. The average Bonchev–Trinajstić information content (AvgIpc) is 3.32. The summed E-state index contributed by atoms with van der Waals surface area (Å²) in [4.78, 5) is 10.4. The smallest absolute Gasteiger partial charge is 0.231 e. The number of carbonyl (C=O) groups excluding carboxylic acids is 1. The van der Waals surface area contributed by atoms with Crippen LogP contribution in [0.5, 0.6) is 11.5 Å². The topological polar surface area (TPSA) is 105 Å². The summed E-state index contributed by atoms with van der Waals surface area (Å²) in [5, 5.41) is 7.96. The molecule has 0 bridgehead atoms. The number of nitrogens with two attached hydrogens (primary N) is 1. The molecule has 4 rings (SSSR count). The number of carbonyl (C=O) groups is 1. The van der Waals surface area contributed by atoms with E-state index in [0.29, 0.717) is 29.4 Å². The molecule has 0 amide bonds. The Kier molecular flexibility index (Phi) is 4.69. The van der Waals surface area contributed by atoms with Gasteiger partial charge in [0.1, 0.15) is 11.6 Å². The number of nitrogens with zero attached hydrogens (tertiary/aromatic N) is 3. The van der Waals surface area contributed by atoms with Gasteiger partial charge in [0, 0.05) is 11.8 Å². The number of aromatic nitrogens is 3. The first-order chi connectivity index (χ1) is 12.1. The van der Waals surface area contributed by atoms with Crippen molar-refractivity contribution in [1.82, 2.24) is 14.9 Å². The maximum absolute atomic E-state index is 10.4. The van der Waals surface area contributed by atoms with Gasteiger partial charge in [-0.1, -0.05) is 11.2 Å². The largest absolute Gasteiger partial charge is 0.454 e. The number of para-hydroxylation sites is 1. The predicted octanol–water partition coefficient (Wildman–Crippen LogP) is 2.35. The van der Waals surface area contributed by atoms with Gasteiger partial charge in [0.2, 0.25) is 6.79 Å². The molecule has 0 spiro atoms. The standard InChI is InChI=1S/C9H12N4O.C8H6O3/c1-6-8(7(2)14-12-6)5-13-4-3-9(10)11-13;9-4-6-2-1-3-7-8(6)11-5-10-7/h3-4H,5H2,1-2H3,(H2,10,11);1-4H,5H2. The quantitative estimate of drug-likeness (QED) is 0.728. The maximum atomic E-state index is 10.4. The summed E-state index contributed by atoms with van der Waals surface area (Å²) in [5.41, 5.74) is 8.02. The first-order valence-electron chi connectivity index (χ1n) is 7.63. The van der Waals surface area contributed by atoms with Crippen molar-refractivity contribution < 1.29 is 18.8 Å². The molecule has 0 saturated heterocycles. The number of benzene rings is 1. The molecule has 3 aromatic rings. The van der Waals surface area contributed by atoms with E-state index in [4.69, 9.17) is 19.7 Å². The molecule has 0 fully saturated rings. The van der Waals surface area contributed by atoms with Gasteiger partial charge in [0.15, 0.2) is 17.8 Å². The van der Waals surface area contributed by atoms with Crippen molar-refractivity contribution in [2.24, 2.45) is 0 Å². The minimum Gasteiger partial charge on any atom is -0.454 e. The third-order valence-electron chi connectivity index (χ3n) is 3.72. The lowest BCUT2D eigenvalue weighted by Gasteiger charge is -1.99. The molecule has 0 atom stereocenters. The Morgan fingerprint density at radius 2 is 2.12 bits per heavy atom. The van der Waals surface area contributed by atoms with Gasteiger partial charge in [0.05, 0.1) is 17.8 Å². The van der Waals surface area contributed by atoms with E-state index in [9.17, 15) is 4.79 Å². The van der Waals surface area contributed by atoms with Gasteiger partial charge < -0.3 is 19.7 Å². The van der Waals surface area contributed by atoms with Crippen LogP contribution in [-0.4, -0.2) is 28.0 Å². The van der Waals surface area contributed by atoms with Gasteiger partial charge in [-0.25, -0.2) is 0 Å². The van der Waals surface area contributed by atoms with Crippen LogP contribution in [0, 0.1) is 13.8 Å². The fourth-order valence-corrected chi connectivity index (χ4v) is 2.40. The minimum absolute atomic E-state index is 0.209. The number of hydrogen-bond acceptors (Lipinski definition) is 7. The Labute approximate surface area is 144 Å². The van der Waals surface area contributed by atoms with Gasteiger partial charge in [-0.15, -0.1) is 0 Å². The molecule has 130 valence electrons. The third-order valence-corrected chi connectivity index (χ3v) is 3.72. The molecule has 0 aliphatic carbocycles. The molecular weight excluding hydrogens is 324 g/mol. The van der Waals surface area contributed by atoms with Gasteiger partial charge in [0.25, 0.3) is 0 Å². The van der Waals surface area contributed by atoms with Crippen LogP contribution in [0.1, 0.15) is 27.4 Å². The van der Waals surface area contributed by atoms with Crippen molar-refractivity contribution in [2.75, 3.05) is 12.5 Å². The zero-order chi connectivity index (χ0) is 17.8. The summed E-state index contributed by atoms with van der Waals surface area (Å²) in [7, 11) is 0. The number of rotatable bonds is 3. The van der Waals surface area contributed by atoms with Crippen LogP contribution < -0.4 is 15.2 Å². The number of aldehydes is 1. The summed E-state index contributed by atoms with van der Waals surface area (Å²) in [5.74, 6) is 2.56. The van der Waals surface area contributed by atoms with Crippen LogP contribution in [0.25, 0.3) is 0 Å². The van der Waals surface area contributed by atoms with Crippen molar-refractivity contribution in [3.8, 4) is 11.5 Å². The van der Waals surface area contributed by atoms with E-state index < -0.39 is 0 Å². The van der Waals surface area contributed by atoms with E-state index in [2.05, 4.69) is 10.3 Å². The zero-order valence-corrected chi connectivity index (χ0v) is 13.9. The van der Waals surface area contributed by atoms with Crippen molar-refractivity contribution in [2.45, 2.75) is 20.4 Å². The predicted molar refractivity (Wildman–Crippen MR) is 89.7 cm³/mol. The number of aryl methyl sites for hydroxylation is 2. The van der Waals surface area contributed by atoms with E-state index in [1.54, 1.807) is 28.9 Å². The highest BCUT2D eigenvalue weighted by Gasteiger charge is 2.15. The molecule has 8 nitrogen and oxygen atoms in total. The molecule has 8 heteroatoms. The molecule has 3 heterocycles. The number of nitrogen functional groups attached to an aromatic ring is 1. The van der Waals surface area contributed by atoms with Crippen molar-refractivity contribution >= 4 is 12.1 Å². The lowest BCUT2D eigenvalue weighted by atomic mass is 10.2. The van der Waals surface area contributed by atoms with Gasteiger partial charge in [-0.3, -0.25) is 9.48 Å². The fourth-order valence-electron chi connectivity index (χ4n) is 2.40. The maximum Gasteiger partial charge on any atom is 0.231 e. The molecule has 0 saturated carbocycles. The SMILES string of the molecule is Cc1noc(C)c1Cn1ccc(N)n1.O=Cc1cccc2c1OCO2. The normalized spacial score (nSPS) is 11.8. The summed E-state index contributed by atoms with van der Waals surface area (Å²) in [6.45, 7) is 4.67. The van der Waals surface area contributed by atoms with Crippen LogP contribution in [0.2, 0.25) is 0 Å². The summed E-state index contributed by atoms with van der Waals surface area (Å²) in [6, 6.07) is 6.99. The van der Waals surface area contributed by atoms with Gasteiger partial charge in [-0.05, 0) is 32.0 Å². The van der Waals surface area contributed by atoms with Crippen molar-refractivity contribution in [3.63, 3.8) is 0 Å². The summed E-state index contributed by atoms with van der Waals surface area (Å²) >= 11 is 0. The van der Waals surface area contributed by atoms with Crippen LogP contribution in [0.3, 0.4) is 0 Å². The number of hydrogen-bond donors (Lipinski definition) is 1. The molecule has 0 unspecified atom stereocenters. The van der Waals surface area contributed by atoms with Crippen molar-refractivity contribution in [3.05, 3.63) is 53.0 Å². The van der Waals surface area contributed by atoms with Crippen LogP contribution in [0.4, 0.5) is 5.82 Å². The highest BCUT2D eigenvalue weighted by molar-refractivity contribution is 5.81. The zero-order valence-electron chi connectivity index (χ0n) is 13.9. The van der Waals surface area contributed by atoms with E-state index in [-0.39, 0.29) is 6.79 Å². The first-order valence-corrected chi connectivity index (χ1v) is 7.63. The molecule has 0 radical (unpaired) electrons. The molecule has 25 heavy (non-hydrogen) atoms. The number of fused-ring (bicyclic) bond motifs is 1. The Bertz CT molecular complexity index is 865. The van der Waals surface area contributed by atoms with Crippen LogP contribution in [-0.2, 0) is 6.54 Å². The molecule has 1 aromatic carbocycles. The second-order valence-corrected chi connectivity index (χ2v) is 5.44. The van der Waals surface area contributed by atoms with Gasteiger partial charge >= 0.3 is 0 Å². The summed E-state index contributed by atoms with van der Waals surface area (Å²) in [6.07, 6.45) is 2.59. The first kappa shape index (κ1) is 16.6. The average molecular weight is 342 g/mol. The highest BCUT2D eigenvalue weighted by Crippen LogP contribution is 2.34. The van der Waals surface area contributed by atoms with E-state index >= 15 is 0 Å². The minimum atomic E-state index is 0.209. The highest BCUT2D eigenvalue weighted by atomic mass is 16.7. The Morgan fingerprint density at radius 3 is 2.76 bits per heavy atom. The van der Waals surface area contributed by atoms with E-state index in [0.717, 1.165) is 23.3 Å². The van der Waals surface area contributed by atoms with Gasteiger partial charge in [-0.2, -0.15) is 5.10 Å². The Hall–Kier alpha value is -3.29. The Balaban J connectivity index is 0.000000150. The monoisotopic (exact) mass is 342 g/mol. The van der Waals surface area contributed by atoms with Crippen LogP contribution >= 0.6 is 0 Å². The third kappa shape index (κ3) is 3.63. The van der Waals surface area contributed by atoms with E-state index in [1.165, 1.54) is 0 Å². The molecule has 1 aliphatic rings. The lowest BCUT2D eigenvalue weighted by Crippen LogP contribution is -2.02. The number of anilines is 1. The molecule has 2 N–H and O–H groups in total. The molecular formula is C17H18N4O4.